The fourth-order valence-corrected chi connectivity index (χ4v) is 3.75. The second-order valence-electron chi connectivity index (χ2n) is 6.34. The standard InChI is InChI=1S/C17H26O2/c1-11(10-19-14(4)18)9-15-7-5-12(2)16-8-6-13(3)17(15)16/h9,12,15-16H,5-8,10H2,1-4H3/b11-9+/t12?,15-,16?/m0/s1. The van der Waals surface area contributed by atoms with E-state index in [9.17, 15) is 4.79 Å². The summed E-state index contributed by atoms with van der Waals surface area (Å²) < 4.78 is 5.08. The van der Waals surface area contributed by atoms with Crippen LogP contribution in [-0.2, 0) is 9.53 Å². The number of hydrogen-bond donors (Lipinski definition) is 0. The molecule has 0 aromatic rings. The van der Waals surface area contributed by atoms with Crippen LogP contribution < -0.4 is 0 Å². The van der Waals surface area contributed by atoms with Crippen molar-refractivity contribution in [1.29, 1.82) is 0 Å². The van der Waals surface area contributed by atoms with Crippen LogP contribution in [0.4, 0.5) is 0 Å². The summed E-state index contributed by atoms with van der Waals surface area (Å²) in [4.78, 5) is 10.9. The Labute approximate surface area is 116 Å². The summed E-state index contributed by atoms with van der Waals surface area (Å²) in [6.07, 6.45) is 7.53. The molecule has 2 nitrogen and oxygen atoms in total. The van der Waals surface area contributed by atoms with Crippen molar-refractivity contribution in [1.82, 2.24) is 0 Å². The minimum absolute atomic E-state index is 0.195. The van der Waals surface area contributed by atoms with Gasteiger partial charge in [0.2, 0.25) is 0 Å². The van der Waals surface area contributed by atoms with E-state index in [4.69, 9.17) is 4.74 Å². The van der Waals surface area contributed by atoms with Crippen molar-refractivity contribution < 1.29 is 9.53 Å². The summed E-state index contributed by atoms with van der Waals surface area (Å²) >= 11 is 0. The van der Waals surface area contributed by atoms with Crippen LogP contribution >= 0.6 is 0 Å². The van der Waals surface area contributed by atoms with Gasteiger partial charge in [0.15, 0.2) is 0 Å². The van der Waals surface area contributed by atoms with E-state index >= 15 is 0 Å². The van der Waals surface area contributed by atoms with Crippen LogP contribution in [0.15, 0.2) is 22.8 Å². The molecule has 2 rings (SSSR count). The number of rotatable bonds is 3. The van der Waals surface area contributed by atoms with E-state index in [1.807, 2.05) is 0 Å². The molecule has 2 unspecified atom stereocenters. The Kier molecular flexibility index (Phi) is 4.49. The number of esters is 1. The lowest BCUT2D eigenvalue weighted by molar-refractivity contribution is -0.139. The maximum absolute atomic E-state index is 10.9. The van der Waals surface area contributed by atoms with Gasteiger partial charge < -0.3 is 4.74 Å². The van der Waals surface area contributed by atoms with E-state index in [0.717, 1.165) is 11.8 Å². The normalized spacial score (nSPS) is 31.4. The zero-order valence-electron chi connectivity index (χ0n) is 12.7. The van der Waals surface area contributed by atoms with Crippen LogP contribution in [-0.4, -0.2) is 12.6 Å². The maximum Gasteiger partial charge on any atom is 0.302 e. The first-order valence-electron chi connectivity index (χ1n) is 7.49. The monoisotopic (exact) mass is 262 g/mol. The molecule has 106 valence electrons. The molecule has 0 amide bonds. The van der Waals surface area contributed by atoms with Gasteiger partial charge >= 0.3 is 5.97 Å². The molecule has 0 bridgehead atoms. The lowest BCUT2D eigenvalue weighted by atomic mass is 9.71. The second-order valence-corrected chi connectivity index (χ2v) is 6.34. The summed E-state index contributed by atoms with van der Waals surface area (Å²) in [7, 11) is 0. The third kappa shape index (κ3) is 3.29. The predicted molar refractivity (Wildman–Crippen MR) is 77.7 cm³/mol. The van der Waals surface area contributed by atoms with E-state index < -0.39 is 0 Å². The first kappa shape index (κ1) is 14.4. The Balaban J connectivity index is 2.09. The molecule has 1 fully saturated rings. The molecule has 0 aliphatic heterocycles. The van der Waals surface area contributed by atoms with Crippen LogP contribution in [0.2, 0.25) is 0 Å². The van der Waals surface area contributed by atoms with Crippen LogP contribution in [0, 0.1) is 17.8 Å². The van der Waals surface area contributed by atoms with Crippen LogP contribution in [0.1, 0.15) is 53.4 Å². The minimum atomic E-state index is -0.195. The zero-order valence-corrected chi connectivity index (χ0v) is 12.7. The SMILES string of the molecule is CC(=O)OC/C(C)=C/[C@@H]1CCC(C)C2CCC(C)=C21. The topological polar surface area (TPSA) is 26.3 Å². The summed E-state index contributed by atoms with van der Waals surface area (Å²) in [5.41, 5.74) is 4.49. The molecular formula is C17H26O2. The molecule has 0 saturated heterocycles. The van der Waals surface area contributed by atoms with Gasteiger partial charge in [-0.3, -0.25) is 4.79 Å². The van der Waals surface area contributed by atoms with Gasteiger partial charge in [0, 0.05) is 6.92 Å². The largest absolute Gasteiger partial charge is 0.461 e. The van der Waals surface area contributed by atoms with Gasteiger partial charge in [0.25, 0.3) is 0 Å². The Bertz CT molecular complexity index is 417. The van der Waals surface area contributed by atoms with Gasteiger partial charge in [-0.1, -0.05) is 24.1 Å². The molecule has 2 aliphatic rings. The molecular weight excluding hydrogens is 236 g/mol. The quantitative estimate of drug-likeness (QED) is 0.561. The van der Waals surface area contributed by atoms with Gasteiger partial charge in [-0.15, -0.1) is 0 Å². The fraction of sp³-hybridized carbons (Fsp3) is 0.706. The third-order valence-electron chi connectivity index (χ3n) is 4.73. The third-order valence-corrected chi connectivity index (χ3v) is 4.73. The van der Waals surface area contributed by atoms with Gasteiger partial charge in [0.1, 0.15) is 6.61 Å². The van der Waals surface area contributed by atoms with Crippen molar-refractivity contribution >= 4 is 5.97 Å². The van der Waals surface area contributed by atoms with Crippen molar-refractivity contribution in [2.24, 2.45) is 17.8 Å². The lowest BCUT2D eigenvalue weighted by Gasteiger charge is -2.34. The molecule has 0 heterocycles. The Hall–Kier alpha value is -1.05. The zero-order chi connectivity index (χ0) is 14.0. The number of carbonyl (C=O) groups excluding carboxylic acids is 1. The molecule has 0 aromatic carbocycles. The first-order chi connectivity index (χ1) is 8.99. The highest BCUT2D eigenvalue weighted by Crippen LogP contribution is 2.48. The van der Waals surface area contributed by atoms with E-state index in [2.05, 4.69) is 26.8 Å². The van der Waals surface area contributed by atoms with Gasteiger partial charge in [0.05, 0.1) is 0 Å². The Morgan fingerprint density at radius 1 is 1.32 bits per heavy atom. The Morgan fingerprint density at radius 2 is 2.05 bits per heavy atom. The molecule has 1 saturated carbocycles. The minimum Gasteiger partial charge on any atom is -0.461 e. The molecule has 0 aromatic heterocycles. The van der Waals surface area contributed by atoms with Gasteiger partial charge in [-0.2, -0.15) is 0 Å². The van der Waals surface area contributed by atoms with Crippen LogP contribution in [0.5, 0.6) is 0 Å². The van der Waals surface area contributed by atoms with Crippen LogP contribution in [0.25, 0.3) is 0 Å². The van der Waals surface area contributed by atoms with Gasteiger partial charge in [-0.05, 0) is 62.9 Å². The molecule has 2 aliphatic carbocycles. The Morgan fingerprint density at radius 3 is 2.74 bits per heavy atom. The van der Waals surface area contributed by atoms with E-state index in [1.54, 1.807) is 11.1 Å². The summed E-state index contributed by atoms with van der Waals surface area (Å²) in [5.74, 6) is 2.03. The number of hydrogen-bond acceptors (Lipinski definition) is 2. The van der Waals surface area contributed by atoms with Crippen molar-refractivity contribution in [3.8, 4) is 0 Å². The van der Waals surface area contributed by atoms with Gasteiger partial charge in [-0.25, -0.2) is 0 Å². The molecule has 2 heteroatoms. The highest BCUT2D eigenvalue weighted by molar-refractivity contribution is 5.66. The molecule has 3 atom stereocenters. The average Bonchev–Trinajstić information content (AvgIpc) is 2.74. The second kappa shape index (κ2) is 5.94. The van der Waals surface area contributed by atoms with E-state index in [1.165, 1.54) is 38.2 Å². The lowest BCUT2D eigenvalue weighted by Crippen LogP contribution is -2.23. The number of fused-ring (bicyclic) bond motifs is 1. The molecule has 19 heavy (non-hydrogen) atoms. The predicted octanol–water partition coefficient (Wildman–Crippen LogP) is 4.27. The van der Waals surface area contributed by atoms with E-state index in [-0.39, 0.29) is 5.97 Å². The van der Waals surface area contributed by atoms with Crippen molar-refractivity contribution in [2.45, 2.75) is 53.4 Å². The fourth-order valence-electron chi connectivity index (χ4n) is 3.75. The number of allylic oxidation sites excluding steroid dienone is 3. The molecule has 0 spiro atoms. The summed E-state index contributed by atoms with van der Waals surface area (Å²) in [6.45, 7) is 8.68. The highest BCUT2D eigenvalue weighted by Gasteiger charge is 2.35. The summed E-state index contributed by atoms with van der Waals surface area (Å²) in [6, 6.07) is 0. The number of carbonyl (C=O) groups is 1. The van der Waals surface area contributed by atoms with Crippen molar-refractivity contribution in [3.05, 3.63) is 22.8 Å². The molecule has 0 radical (unpaired) electrons. The van der Waals surface area contributed by atoms with Crippen molar-refractivity contribution in [2.75, 3.05) is 6.61 Å². The average molecular weight is 262 g/mol. The van der Waals surface area contributed by atoms with E-state index in [0.29, 0.717) is 12.5 Å². The maximum atomic E-state index is 10.9. The van der Waals surface area contributed by atoms with Crippen LogP contribution in [0.3, 0.4) is 0 Å². The smallest absolute Gasteiger partial charge is 0.302 e. The number of ether oxygens (including phenoxy) is 1. The highest BCUT2D eigenvalue weighted by atomic mass is 16.5. The van der Waals surface area contributed by atoms with Crippen molar-refractivity contribution in [3.63, 3.8) is 0 Å². The first-order valence-corrected chi connectivity index (χ1v) is 7.49. The summed E-state index contributed by atoms with van der Waals surface area (Å²) in [5, 5.41) is 0. The molecule has 0 N–H and O–H groups in total.